The first kappa shape index (κ1) is 30.5. The molecule has 0 saturated carbocycles. The highest BCUT2D eigenvalue weighted by molar-refractivity contribution is 5.82. The van der Waals surface area contributed by atoms with Gasteiger partial charge in [0.05, 0.1) is 26.5 Å². The van der Waals surface area contributed by atoms with Crippen LogP contribution >= 0.6 is 0 Å². The molecule has 220 valence electrons. The van der Waals surface area contributed by atoms with Gasteiger partial charge in [0.1, 0.15) is 35.6 Å². The van der Waals surface area contributed by atoms with Crippen molar-refractivity contribution in [2.45, 2.75) is 76.3 Å². The Morgan fingerprint density at radius 3 is 2.62 bits per heavy atom. The van der Waals surface area contributed by atoms with E-state index in [1.807, 2.05) is 0 Å². The van der Waals surface area contributed by atoms with E-state index in [1.54, 1.807) is 20.8 Å². The van der Waals surface area contributed by atoms with Crippen molar-refractivity contribution < 1.29 is 38.8 Å². The van der Waals surface area contributed by atoms with Crippen LogP contribution in [0.2, 0.25) is 0 Å². The van der Waals surface area contributed by atoms with Crippen LogP contribution < -0.4 is 21.9 Å². The Kier molecular flexibility index (Phi) is 9.78. The van der Waals surface area contributed by atoms with Gasteiger partial charge in [-0.1, -0.05) is 5.21 Å². The van der Waals surface area contributed by atoms with Gasteiger partial charge in [0.25, 0.3) is 5.56 Å². The normalized spacial score (nSPS) is 21.4. The van der Waals surface area contributed by atoms with Crippen LogP contribution in [0.1, 0.15) is 51.6 Å². The number of methoxy groups -OCH3 is 1. The SMILES string of the molecule is COC(=O)[C@H](CCC(=O)NCc1cn([C@@H]2[C@H](O)[C@@H](CO)O[C@H]2n2ccc(=O)[nH]c2=O)nn1)NC(=O)OC(C)(C)C. The molecule has 2 aromatic heterocycles. The Bertz CT molecular complexity index is 1310. The number of ether oxygens (including phenoxy) is 3. The van der Waals surface area contributed by atoms with Crippen molar-refractivity contribution in [3.8, 4) is 0 Å². The predicted octanol–water partition coefficient (Wildman–Crippen LogP) is -1.92. The second-order valence-corrected chi connectivity index (χ2v) is 9.97. The van der Waals surface area contributed by atoms with Gasteiger partial charge < -0.3 is 35.1 Å². The van der Waals surface area contributed by atoms with Gasteiger partial charge >= 0.3 is 17.8 Å². The number of amides is 2. The van der Waals surface area contributed by atoms with Crippen molar-refractivity contribution in [2.24, 2.45) is 0 Å². The van der Waals surface area contributed by atoms with Crippen molar-refractivity contribution in [3.63, 3.8) is 0 Å². The molecular formula is C23H33N7O10. The maximum atomic E-state index is 12.4. The highest BCUT2D eigenvalue weighted by Crippen LogP contribution is 2.37. The summed E-state index contributed by atoms with van der Waals surface area (Å²) < 4.78 is 17.8. The van der Waals surface area contributed by atoms with E-state index in [0.717, 1.165) is 17.7 Å². The van der Waals surface area contributed by atoms with Crippen LogP contribution in [0.25, 0.3) is 0 Å². The summed E-state index contributed by atoms with van der Waals surface area (Å²) in [4.78, 5) is 62.4. The zero-order valence-corrected chi connectivity index (χ0v) is 22.4. The quantitative estimate of drug-likeness (QED) is 0.198. The van der Waals surface area contributed by atoms with E-state index in [4.69, 9.17) is 9.47 Å². The number of carbonyl (C=O) groups excluding carboxylic acids is 3. The van der Waals surface area contributed by atoms with Crippen molar-refractivity contribution in [1.82, 2.24) is 35.2 Å². The monoisotopic (exact) mass is 567 g/mol. The Hall–Kier alpha value is -4.09. The van der Waals surface area contributed by atoms with Crippen molar-refractivity contribution >= 4 is 18.0 Å². The molecular weight excluding hydrogens is 534 g/mol. The van der Waals surface area contributed by atoms with Crippen molar-refractivity contribution in [2.75, 3.05) is 13.7 Å². The number of alkyl carbamates (subject to hydrolysis) is 1. The highest BCUT2D eigenvalue weighted by atomic mass is 16.6. The minimum absolute atomic E-state index is 0.0613. The molecule has 0 aromatic carbocycles. The van der Waals surface area contributed by atoms with E-state index in [-0.39, 0.29) is 25.1 Å². The van der Waals surface area contributed by atoms with E-state index in [9.17, 15) is 34.2 Å². The molecule has 0 aliphatic carbocycles. The fourth-order valence-corrected chi connectivity index (χ4v) is 3.96. The molecule has 1 aliphatic rings. The minimum Gasteiger partial charge on any atom is -0.467 e. The Morgan fingerprint density at radius 1 is 1.27 bits per heavy atom. The van der Waals surface area contributed by atoms with Gasteiger partial charge in [-0.3, -0.25) is 19.1 Å². The second-order valence-electron chi connectivity index (χ2n) is 9.97. The van der Waals surface area contributed by atoms with Crippen LogP contribution in [0.3, 0.4) is 0 Å². The molecule has 2 amide bonds. The summed E-state index contributed by atoms with van der Waals surface area (Å²) in [6.07, 6.45) is -1.88. The first-order valence-corrected chi connectivity index (χ1v) is 12.3. The minimum atomic E-state index is -1.29. The molecule has 0 bridgehead atoms. The number of aliphatic hydroxyl groups is 2. The number of esters is 1. The van der Waals surface area contributed by atoms with E-state index in [0.29, 0.717) is 0 Å². The lowest BCUT2D eigenvalue weighted by atomic mass is 10.1. The van der Waals surface area contributed by atoms with E-state index in [2.05, 4.69) is 30.7 Å². The molecule has 1 saturated heterocycles. The molecule has 5 atom stereocenters. The number of nitrogens with one attached hydrogen (secondary N) is 3. The summed E-state index contributed by atoms with van der Waals surface area (Å²) >= 11 is 0. The topological polar surface area (TPSA) is 229 Å². The zero-order chi connectivity index (χ0) is 29.6. The van der Waals surface area contributed by atoms with Crippen LogP contribution in [-0.4, -0.2) is 90.3 Å². The van der Waals surface area contributed by atoms with Gasteiger partial charge in [-0.2, -0.15) is 0 Å². The molecule has 0 spiro atoms. The molecule has 17 nitrogen and oxygen atoms in total. The molecule has 40 heavy (non-hydrogen) atoms. The third-order valence-corrected chi connectivity index (χ3v) is 5.81. The van der Waals surface area contributed by atoms with Crippen molar-refractivity contribution in [1.29, 1.82) is 0 Å². The number of aromatic amines is 1. The molecule has 17 heteroatoms. The zero-order valence-electron chi connectivity index (χ0n) is 22.4. The molecule has 5 N–H and O–H groups in total. The average Bonchev–Trinajstić information content (AvgIpc) is 3.47. The molecule has 1 aliphatic heterocycles. The number of aromatic nitrogens is 5. The maximum Gasteiger partial charge on any atom is 0.408 e. The van der Waals surface area contributed by atoms with Crippen molar-refractivity contribution in [3.05, 3.63) is 45.0 Å². The van der Waals surface area contributed by atoms with Gasteiger partial charge in [-0.25, -0.2) is 19.1 Å². The van der Waals surface area contributed by atoms with Gasteiger partial charge in [-0.05, 0) is 27.2 Å². The summed E-state index contributed by atoms with van der Waals surface area (Å²) in [5, 5.41) is 33.2. The van der Waals surface area contributed by atoms with E-state index in [1.165, 1.54) is 17.1 Å². The number of H-pyrrole nitrogens is 1. The Labute approximate surface area is 227 Å². The number of hydrogen-bond acceptors (Lipinski definition) is 12. The summed E-state index contributed by atoms with van der Waals surface area (Å²) in [6, 6.07) is -1.00. The van der Waals surface area contributed by atoms with E-state index >= 15 is 0 Å². The molecule has 0 radical (unpaired) electrons. The van der Waals surface area contributed by atoms with Gasteiger partial charge in [0.2, 0.25) is 5.91 Å². The summed E-state index contributed by atoms with van der Waals surface area (Å²) in [5.74, 6) is -1.20. The fourth-order valence-electron chi connectivity index (χ4n) is 3.96. The van der Waals surface area contributed by atoms with Crippen LogP contribution in [0.4, 0.5) is 4.79 Å². The molecule has 1 fully saturated rings. The Balaban J connectivity index is 1.62. The lowest BCUT2D eigenvalue weighted by Crippen LogP contribution is -2.44. The fraction of sp³-hybridized carbons (Fsp3) is 0.609. The summed E-state index contributed by atoms with van der Waals surface area (Å²) in [7, 11) is 1.16. The number of carbonyl (C=O) groups is 3. The van der Waals surface area contributed by atoms with Crippen LogP contribution in [0.5, 0.6) is 0 Å². The molecule has 0 unspecified atom stereocenters. The van der Waals surface area contributed by atoms with Crippen LogP contribution in [-0.2, 0) is 30.3 Å². The maximum absolute atomic E-state index is 12.4. The number of rotatable bonds is 10. The van der Waals surface area contributed by atoms with Crippen LogP contribution in [0.15, 0.2) is 28.0 Å². The largest absolute Gasteiger partial charge is 0.467 e. The van der Waals surface area contributed by atoms with Crippen LogP contribution in [0, 0.1) is 0 Å². The van der Waals surface area contributed by atoms with Gasteiger partial charge in [0, 0.05) is 18.7 Å². The third kappa shape index (κ3) is 7.73. The Morgan fingerprint density at radius 2 is 2.00 bits per heavy atom. The van der Waals surface area contributed by atoms with Gasteiger partial charge in [0.15, 0.2) is 6.23 Å². The first-order chi connectivity index (χ1) is 18.8. The third-order valence-electron chi connectivity index (χ3n) is 5.81. The van der Waals surface area contributed by atoms with Gasteiger partial charge in [-0.15, -0.1) is 5.10 Å². The summed E-state index contributed by atoms with van der Waals surface area (Å²) in [6.45, 7) is 4.38. The molecule has 3 rings (SSSR count). The highest BCUT2D eigenvalue weighted by Gasteiger charge is 2.46. The second kappa shape index (κ2) is 12.8. The lowest BCUT2D eigenvalue weighted by Gasteiger charge is -2.22. The van der Waals surface area contributed by atoms with E-state index < -0.39 is 71.9 Å². The predicted molar refractivity (Wildman–Crippen MR) is 134 cm³/mol. The smallest absolute Gasteiger partial charge is 0.408 e. The summed E-state index contributed by atoms with van der Waals surface area (Å²) in [5.41, 5.74) is -1.90. The molecule has 2 aromatic rings. The number of nitrogens with zero attached hydrogens (tertiary/aromatic N) is 4. The standard InChI is InChI=1S/C23H33N7O10/c1-23(2,3)40-22(37)25-13(20(35)38-4)5-6-15(32)24-9-12-10-30(28-27-12)17-18(34)14(11-31)39-19(17)29-8-7-16(33)26-21(29)36/h7-8,10,13-14,17-19,31,34H,5-6,9,11H2,1-4H3,(H,24,32)(H,25,37)(H,26,33,36)/t13-,14+,17+,18+,19+/m0/s1. The lowest BCUT2D eigenvalue weighted by molar-refractivity contribution is -0.143. The average molecular weight is 568 g/mol. The number of hydrogen-bond donors (Lipinski definition) is 5. The molecule has 3 heterocycles. The first-order valence-electron chi connectivity index (χ1n) is 12.3. The number of aliphatic hydroxyl groups excluding tert-OH is 2.